The molecule has 1 amide bonds. The lowest BCUT2D eigenvalue weighted by Crippen LogP contribution is -2.14. The predicted octanol–water partition coefficient (Wildman–Crippen LogP) is 3.24. The molecule has 4 aromatic rings. The number of hydrogen-bond donors (Lipinski definition) is 1. The third kappa shape index (κ3) is 3.53. The number of nitrogens with zero attached hydrogens (tertiary/aromatic N) is 5. The summed E-state index contributed by atoms with van der Waals surface area (Å²) in [6, 6.07) is 11.5. The second-order valence-electron chi connectivity index (χ2n) is 5.55. The Hall–Kier alpha value is -2.91. The molecule has 3 heterocycles. The Morgan fingerprint density at radius 2 is 2.15 bits per heavy atom. The molecule has 0 aliphatic carbocycles. The molecular weight excluding hydrogens is 368 g/mol. The minimum absolute atomic E-state index is 0.110. The molecule has 0 atom stereocenters. The van der Waals surface area contributed by atoms with Crippen LogP contribution in [0.15, 0.2) is 47.2 Å². The van der Waals surface area contributed by atoms with Gasteiger partial charge < -0.3 is 5.32 Å². The number of anilines is 1. The van der Waals surface area contributed by atoms with Crippen molar-refractivity contribution in [1.29, 1.82) is 0 Å². The maximum atomic E-state index is 12.4. The predicted molar refractivity (Wildman–Crippen MR) is 102 cm³/mol. The van der Waals surface area contributed by atoms with Crippen molar-refractivity contribution in [2.45, 2.75) is 6.42 Å². The number of carbonyl (C=O) groups excluding carboxylic acids is 1. The van der Waals surface area contributed by atoms with Gasteiger partial charge in [0.05, 0.1) is 17.0 Å². The first-order valence-electron chi connectivity index (χ1n) is 7.80. The SMILES string of the molecule is Cn1nnnc1-c1cccc(NC(=O)Cc2csc(-c3cccs3)n2)c1. The van der Waals surface area contributed by atoms with E-state index in [1.54, 1.807) is 34.4 Å². The number of hydrogen-bond acceptors (Lipinski definition) is 7. The summed E-state index contributed by atoms with van der Waals surface area (Å²) in [5, 5.41) is 19.2. The van der Waals surface area contributed by atoms with Gasteiger partial charge in [-0.25, -0.2) is 9.67 Å². The minimum Gasteiger partial charge on any atom is -0.326 e. The molecule has 0 saturated carbocycles. The van der Waals surface area contributed by atoms with Gasteiger partial charge in [-0.15, -0.1) is 27.8 Å². The third-order valence-electron chi connectivity index (χ3n) is 3.65. The van der Waals surface area contributed by atoms with E-state index in [1.807, 2.05) is 47.2 Å². The molecule has 0 bridgehead atoms. The van der Waals surface area contributed by atoms with Gasteiger partial charge in [0, 0.05) is 23.7 Å². The Labute approximate surface area is 157 Å². The Bertz CT molecular complexity index is 1040. The minimum atomic E-state index is -0.110. The summed E-state index contributed by atoms with van der Waals surface area (Å²) in [4.78, 5) is 18.0. The van der Waals surface area contributed by atoms with E-state index in [0.717, 1.165) is 21.1 Å². The molecule has 0 fully saturated rings. The molecule has 0 radical (unpaired) electrons. The van der Waals surface area contributed by atoms with Crippen LogP contribution < -0.4 is 5.32 Å². The Balaban J connectivity index is 1.45. The van der Waals surface area contributed by atoms with Crippen LogP contribution in [0.3, 0.4) is 0 Å². The number of rotatable bonds is 5. The van der Waals surface area contributed by atoms with Gasteiger partial charge >= 0.3 is 0 Å². The van der Waals surface area contributed by atoms with Crippen molar-refractivity contribution in [2.75, 3.05) is 5.32 Å². The van der Waals surface area contributed by atoms with Gasteiger partial charge in [-0.1, -0.05) is 18.2 Å². The molecule has 0 aliphatic rings. The van der Waals surface area contributed by atoms with Crippen LogP contribution in [0.5, 0.6) is 0 Å². The van der Waals surface area contributed by atoms with Crippen LogP contribution in [0.2, 0.25) is 0 Å². The van der Waals surface area contributed by atoms with Gasteiger partial charge in [0.2, 0.25) is 5.91 Å². The molecule has 1 N–H and O–H groups in total. The number of thiazole rings is 1. The van der Waals surface area contributed by atoms with Gasteiger partial charge in [-0.05, 0) is 34.0 Å². The highest BCUT2D eigenvalue weighted by Crippen LogP contribution is 2.28. The number of amides is 1. The highest BCUT2D eigenvalue weighted by Gasteiger charge is 2.11. The van der Waals surface area contributed by atoms with Gasteiger partial charge in [-0.3, -0.25) is 4.79 Å². The Morgan fingerprint density at radius 1 is 1.23 bits per heavy atom. The number of aromatic nitrogens is 5. The summed E-state index contributed by atoms with van der Waals surface area (Å²) < 4.78 is 1.59. The lowest BCUT2D eigenvalue weighted by molar-refractivity contribution is -0.115. The number of nitrogens with one attached hydrogen (secondary N) is 1. The zero-order valence-electron chi connectivity index (χ0n) is 13.8. The molecule has 0 saturated heterocycles. The molecular formula is C17H14N6OS2. The summed E-state index contributed by atoms with van der Waals surface area (Å²) in [5.41, 5.74) is 2.30. The fourth-order valence-electron chi connectivity index (χ4n) is 2.48. The van der Waals surface area contributed by atoms with Crippen molar-refractivity contribution in [3.05, 3.63) is 52.9 Å². The van der Waals surface area contributed by atoms with Crippen molar-refractivity contribution in [1.82, 2.24) is 25.2 Å². The molecule has 9 heteroatoms. The molecule has 3 aromatic heterocycles. The zero-order valence-corrected chi connectivity index (χ0v) is 15.4. The smallest absolute Gasteiger partial charge is 0.230 e. The third-order valence-corrected chi connectivity index (χ3v) is 5.58. The van der Waals surface area contributed by atoms with Crippen molar-refractivity contribution >= 4 is 34.3 Å². The first-order chi connectivity index (χ1) is 12.7. The second kappa shape index (κ2) is 7.14. The maximum absolute atomic E-state index is 12.4. The van der Waals surface area contributed by atoms with E-state index < -0.39 is 0 Å². The van der Waals surface area contributed by atoms with E-state index >= 15 is 0 Å². The van der Waals surface area contributed by atoms with Crippen LogP contribution in [-0.4, -0.2) is 31.1 Å². The summed E-state index contributed by atoms with van der Waals surface area (Å²) in [7, 11) is 1.77. The highest BCUT2D eigenvalue weighted by molar-refractivity contribution is 7.20. The number of aryl methyl sites for hydroxylation is 1. The normalized spacial score (nSPS) is 10.8. The summed E-state index contributed by atoms with van der Waals surface area (Å²) in [6.07, 6.45) is 0.234. The molecule has 0 aliphatic heterocycles. The molecule has 130 valence electrons. The van der Waals surface area contributed by atoms with E-state index in [2.05, 4.69) is 25.8 Å². The van der Waals surface area contributed by atoms with Gasteiger partial charge in [0.1, 0.15) is 5.01 Å². The fraction of sp³-hybridized carbons (Fsp3) is 0.118. The van der Waals surface area contributed by atoms with Crippen LogP contribution in [0.4, 0.5) is 5.69 Å². The average Bonchev–Trinajstić information content (AvgIpc) is 3.35. The van der Waals surface area contributed by atoms with Gasteiger partial charge in [0.15, 0.2) is 5.82 Å². The van der Waals surface area contributed by atoms with Crippen molar-refractivity contribution in [2.24, 2.45) is 7.05 Å². The van der Waals surface area contributed by atoms with E-state index in [9.17, 15) is 4.79 Å². The van der Waals surface area contributed by atoms with Crippen LogP contribution in [0.1, 0.15) is 5.69 Å². The molecule has 4 rings (SSSR count). The van der Waals surface area contributed by atoms with Crippen molar-refractivity contribution in [3.63, 3.8) is 0 Å². The maximum Gasteiger partial charge on any atom is 0.230 e. The number of thiophene rings is 1. The van der Waals surface area contributed by atoms with Crippen LogP contribution in [0, 0.1) is 0 Å². The average molecular weight is 382 g/mol. The zero-order chi connectivity index (χ0) is 17.9. The summed E-state index contributed by atoms with van der Waals surface area (Å²) >= 11 is 3.19. The first-order valence-corrected chi connectivity index (χ1v) is 9.56. The topological polar surface area (TPSA) is 85.6 Å². The second-order valence-corrected chi connectivity index (χ2v) is 7.36. The largest absolute Gasteiger partial charge is 0.326 e. The lowest BCUT2D eigenvalue weighted by atomic mass is 10.2. The standard InChI is InChI=1S/C17H14N6OS2/c1-23-16(20-21-22-23)11-4-2-5-12(8-11)18-15(24)9-13-10-26-17(19-13)14-6-3-7-25-14/h2-8,10H,9H2,1H3,(H,18,24). The van der Waals surface area contributed by atoms with Gasteiger partial charge in [-0.2, -0.15) is 0 Å². The van der Waals surface area contributed by atoms with E-state index in [4.69, 9.17) is 0 Å². The van der Waals surface area contributed by atoms with E-state index in [-0.39, 0.29) is 12.3 Å². The van der Waals surface area contributed by atoms with Crippen molar-refractivity contribution in [3.8, 4) is 21.3 Å². The monoisotopic (exact) mass is 382 g/mol. The van der Waals surface area contributed by atoms with E-state index in [1.165, 1.54) is 0 Å². The highest BCUT2D eigenvalue weighted by atomic mass is 32.1. The quantitative estimate of drug-likeness (QED) is 0.573. The first kappa shape index (κ1) is 16.6. The number of carbonyl (C=O) groups is 1. The Morgan fingerprint density at radius 3 is 2.92 bits per heavy atom. The fourth-order valence-corrected chi connectivity index (χ4v) is 4.12. The summed E-state index contributed by atoms with van der Waals surface area (Å²) in [6.45, 7) is 0. The molecule has 0 unspecified atom stereocenters. The molecule has 1 aromatic carbocycles. The molecule has 26 heavy (non-hydrogen) atoms. The molecule has 0 spiro atoms. The van der Waals surface area contributed by atoms with Crippen LogP contribution in [0.25, 0.3) is 21.3 Å². The summed E-state index contributed by atoms with van der Waals surface area (Å²) in [5.74, 6) is 0.530. The van der Waals surface area contributed by atoms with E-state index in [0.29, 0.717) is 11.5 Å². The number of tetrazole rings is 1. The lowest BCUT2D eigenvalue weighted by Gasteiger charge is -2.06. The van der Waals surface area contributed by atoms with Crippen LogP contribution in [-0.2, 0) is 18.3 Å². The molecule has 7 nitrogen and oxygen atoms in total. The number of benzene rings is 1. The van der Waals surface area contributed by atoms with Gasteiger partial charge in [0.25, 0.3) is 0 Å². The Kier molecular flexibility index (Phi) is 4.55. The van der Waals surface area contributed by atoms with Crippen molar-refractivity contribution < 1.29 is 4.79 Å². The van der Waals surface area contributed by atoms with Crippen LogP contribution >= 0.6 is 22.7 Å².